The van der Waals surface area contributed by atoms with Crippen molar-refractivity contribution in [2.75, 3.05) is 40.0 Å². The highest BCUT2D eigenvalue weighted by atomic mass is 16.5. The summed E-state index contributed by atoms with van der Waals surface area (Å²) in [6.07, 6.45) is 9.26. The van der Waals surface area contributed by atoms with Crippen LogP contribution in [0.1, 0.15) is 24.8 Å². The van der Waals surface area contributed by atoms with Gasteiger partial charge in [-0.25, -0.2) is 4.98 Å². The van der Waals surface area contributed by atoms with Gasteiger partial charge in [-0.3, -0.25) is 4.90 Å². The lowest BCUT2D eigenvalue weighted by Gasteiger charge is -2.39. The van der Waals surface area contributed by atoms with Crippen molar-refractivity contribution < 1.29 is 14.2 Å². The summed E-state index contributed by atoms with van der Waals surface area (Å²) in [6, 6.07) is 6.18. The average Bonchev–Trinajstić information content (AvgIpc) is 3.35. The largest absolute Gasteiger partial charge is 0.493 e. The van der Waals surface area contributed by atoms with Crippen molar-refractivity contribution in [3.63, 3.8) is 0 Å². The highest BCUT2D eigenvalue weighted by Gasteiger charge is 2.38. The van der Waals surface area contributed by atoms with E-state index < -0.39 is 0 Å². The Hall–Kier alpha value is -2.05. The molecule has 1 atom stereocenters. The molecular weight excluding hydrogens is 342 g/mol. The molecule has 6 heteroatoms. The van der Waals surface area contributed by atoms with E-state index in [0.717, 1.165) is 50.9 Å². The van der Waals surface area contributed by atoms with Crippen molar-refractivity contribution in [3.8, 4) is 11.5 Å². The number of ether oxygens (including phenoxy) is 3. The Labute approximate surface area is 161 Å². The van der Waals surface area contributed by atoms with Crippen LogP contribution in [0.2, 0.25) is 0 Å². The highest BCUT2D eigenvalue weighted by molar-refractivity contribution is 5.46. The quantitative estimate of drug-likeness (QED) is 0.749. The number of imidazole rings is 1. The lowest BCUT2D eigenvalue weighted by molar-refractivity contribution is 0.0639. The minimum atomic E-state index is 0.361. The summed E-state index contributed by atoms with van der Waals surface area (Å²) in [4.78, 5) is 6.63. The summed E-state index contributed by atoms with van der Waals surface area (Å²) in [6.45, 7) is 6.31. The molecule has 6 nitrogen and oxygen atoms in total. The number of para-hydroxylation sites is 1. The van der Waals surface area contributed by atoms with Crippen LogP contribution in [0.4, 0.5) is 0 Å². The van der Waals surface area contributed by atoms with Gasteiger partial charge in [0.25, 0.3) is 0 Å². The molecule has 0 aliphatic carbocycles. The number of nitrogens with zero attached hydrogens (tertiary/aromatic N) is 3. The third kappa shape index (κ3) is 4.28. The van der Waals surface area contributed by atoms with Gasteiger partial charge < -0.3 is 18.8 Å². The average molecular weight is 371 g/mol. The number of rotatable bonds is 7. The van der Waals surface area contributed by atoms with Gasteiger partial charge in [0, 0.05) is 43.1 Å². The number of methoxy groups -OCH3 is 1. The number of hydrogen-bond donors (Lipinski definition) is 0. The van der Waals surface area contributed by atoms with Crippen LogP contribution in [0, 0.1) is 5.41 Å². The Morgan fingerprint density at radius 2 is 2.26 bits per heavy atom. The fourth-order valence-corrected chi connectivity index (χ4v) is 4.34. The minimum absolute atomic E-state index is 0.361. The maximum Gasteiger partial charge on any atom is 0.165 e. The first-order chi connectivity index (χ1) is 13.3. The van der Waals surface area contributed by atoms with Gasteiger partial charge in [-0.05, 0) is 31.9 Å². The fourth-order valence-electron chi connectivity index (χ4n) is 4.34. The van der Waals surface area contributed by atoms with E-state index in [-0.39, 0.29) is 0 Å². The van der Waals surface area contributed by atoms with E-state index in [1.54, 1.807) is 13.3 Å². The second-order valence-corrected chi connectivity index (χ2v) is 7.71. The number of piperidine rings is 1. The van der Waals surface area contributed by atoms with Gasteiger partial charge in [0.1, 0.15) is 6.61 Å². The highest BCUT2D eigenvalue weighted by Crippen LogP contribution is 2.39. The molecule has 2 aromatic rings. The van der Waals surface area contributed by atoms with Crippen molar-refractivity contribution in [3.05, 3.63) is 42.5 Å². The van der Waals surface area contributed by atoms with Gasteiger partial charge in [-0.1, -0.05) is 12.1 Å². The fraction of sp³-hybridized carbons (Fsp3) is 0.571. The lowest BCUT2D eigenvalue weighted by Crippen LogP contribution is -2.43. The number of likely N-dealkylation sites (tertiary alicyclic amines) is 1. The minimum Gasteiger partial charge on any atom is -0.493 e. The van der Waals surface area contributed by atoms with Gasteiger partial charge in [0.2, 0.25) is 0 Å². The first-order valence-electron chi connectivity index (χ1n) is 9.83. The Balaban J connectivity index is 1.44. The van der Waals surface area contributed by atoms with Crippen LogP contribution in [0.15, 0.2) is 36.9 Å². The number of hydrogen-bond acceptors (Lipinski definition) is 5. The molecule has 3 heterocycles. The molecule has 0 saturated carbocycles. The third-order valence-corrected chi connectivity index (χ3v) is 5.75. The maximum absolute atomic E-state index is 6.17. The SMILES string of the molecule is COc1cccc(CN2CCCC3(CCOC3)C2)c1OCCn1ccnc1. The van der Waals surface area contributed by atoms with E-state index in [2.05, 4.69) is 22.0 Å². The molecule has 1 aromatic carbocycles. The zero-order valence-corrected chi connectivity index (χ0v) is 16.1. The van der Waals surface area contributed by atoms with Gasteiger partial charge in [0.05, 0.1) is 26.6 Å². The van der Waals surface area contributed by atoms with E-state index in [0.29, 0.717) is 12.0 Å². The molecule has 0 radical (unpaired) electrons. The van der Waals surface area contributed by atoms with Crippen LogP contribution >= 0.6 is 0 Å². The Kier molecular flexibility index (Phi) is 5.64. The third-order valence-electron chi connectivity index (χ3n) is 5.75. The summed E-state index contributed by atoms with van der Waals surface area (Å²) in [5.41, 5.74) is 1.55. The Morgan fingerprint density at radius 3 is 3.04 bits per heavy atom. The standard InChI is InChI=1S/C21H29N3O3/c1-25-19-5-2-4-18(20(19)27-13-11-23-10-8-22-17-23)14-24-9-3-6-21(15-24)7-12-26-16-21/h2,4-5,8,10,17H,3,6-7,9,11-16H2,1H3. The van der Waals surface area contributed by atoms with Gasteiger partial charge >= 0.3 is 0 Å². The molecule has 1 spiro atoms. The van der Waals surface area contributed by atoms with E-state index in [1.165, 1.54) is 24.8 Å². The lowest BCUT2D eigenvalue weighted by atomic mass is 9.79. The molecule has 0 N–H and O–H groups in total. The van der Waals surface area contributed by atoms with Crippen molar-refractivity contribution in [2.24, 2.45) is 5.41 Å². The van der Waals surface area contributed by atoms with Crippen molar-refractivity contribution >= 4 is 0 Å². The predicted molar refractivity (Wildman–Crippen MR) is 103 cm³/mol. The molecule has 2 fully saturated rings. The van der Waals surface area contributed by atoms with Crippen LogP contribution in [0.25, 0.3) is 0 Å². The summed E-state index contributed by atoms with van der Waals surface area (Å²) in [7, 11) is 1.70. The summed E-state index contributed by atoms with van der Waals surface area (Å²) in [5.74, 6) is 1.66. The molecule has 2 saturated heterocycles. The number of benzene rings is 1. The molecule has 27 heavy (non-hydrogen) atoms. The molecule has 1 unspecified atom stereocenters. The van der Waals surface area contributed by atoms with Crippen LogP contribution in [-0.2, 0) is 17.8 Å². The predicted octanol–water partition coefficient (Wildman–Crippen LogP) is 2.97. The van der Waals surface area contributed by atoms with Crippen LogP contribution < -0.4 is 9.47 Å². The van der Waals surface area contributed by atoms with Gasteiger partial charge in [-0.2, -0.15) is 0 Å². The monoisotopic (exact) mass is 371 g/mol. The smallest absolute Gasteiger partial charge is 0.165 e. The molecule has 0 amide bonds. The Morgan fingerprint density at radius 1 is 1.30 bits per heavy atom. The van der Waals surface area contributed by atoms with E-state index in [9.17, 15) is 0 Å². The zero-order chi connectivity index (χ0) is 18.5. The second kappa shape index (κ2) is 8.31. The van der Waals surface area contributed by atoms with E-state index >= 15 is 0 Å². The van der Waals surface area contributed by atoms with Gasteiger partial charge in [0.15, 0.2) is 11.5 Å². The molecule has 0 bridgehead atoms. The van der Waals surface area contributed by atoms with Crippen LogP contribution in [-0.4, -0.2) is 54.5 Å². The van der Waals surface area contributed by atoms with Crippen LogP contribution in [0.3, 0.4) is 0 Å². The summed E-state index contributed by atoms with van der Waals surface area (Å²) < 4.78 is 19.5. The van der Waals surface area contributed by atoms with Crippen molar-refractivity contribution in [1.29, 1.82) is 0 Å². The van der Waals surface area contributed by atoms with Crippen molar-refractivity contribution in [2.45, 2.75) is 32.4 Å². The van der Waals surface area contributed by atoms with E-state index in [4.69, 9.17) is 14.2 Å². The first-order valence-corrected chi connectivity index (χ1v) is 9.83. The van der Waals surface area contributed by atoms with Crippen LogP contribution in [0.5, 0.6) is 11.5 Å². The second-order valence-electron chi connectivity index (χ2n) is 7.71. The van der Waals surface area contributed by atoms with Crippen molar-refractivity contribution in [1.82, 2.24) is 14.5 Å². The van der Waals surface area contributed by atoms with Gasteiger partial charge in [-0.15, -0.1) is 0 Å². The molecule has 4 rings (SSSR count). The molecule has 1 aromatic heterocycles. The molecular formula is C21H29N3O3. The normalized spacial score (nSPS) is 23.0. The number of aromatic nitrogens is 2. The first kappa shape index (κ1) is 18.3. The topological polar surface area (TPSA) is 48.8 Å². The Bertz CT molecular complexity index is 726. The zero-order valence-electron chi connectivity index (χ0n) is 16.1. The summed E-state index contributed by atoms with van der Waals surface area (Å²) >= 11 is 0. The molecule has 146 valence electrons. The molecule has 2 aliphatic heterocycles. The maximum atomic E-state index is 6.17. The summed E-state index contributed by atoms with van der Waals surface area (Å²) in [5, 5.41) is 0. The molecule has 2 aliphatic rings. The van der Waals surface area contributed by atoms with E-state index in [1.807, 2.05) is 23.2 Å².